The molecular formula is C19H19FN2O3. The predicted octanol–water partition coefficient (Wildman–Crippen LogP) is 2.46. The molecule has 6 heteroatoms. The van der Waals surface area contributed by atoms with E-state index in [0.717, 1.165) is 11.1 Å². The Hall–Kier alpha value is -2.89. The average molecular weight is 342 g/mol. The Morgan fingerprint density at radius 1 is 1.16 bits per heavy atom. The molecule has 0 saturated heterocycles. The Bertz CT molecular complexity index is 776. The van der Waals surface area contributed by atoms with Crippen LogP contribution in [0, 0.1) is 18.7 Å². The monoisotopic (exact) mass is 342 g/mol. The van der Waals surface area contributed by atoms with E-state index in [9.17, 15) is 14.0 Å². The van der Waals surface area contributed by atoms with E-state index in [4.69, 9.17) is 4.74 Å². The van der Waals surface area contributed by atoms with E-state index < -0.39 is 5.91 Å². The Balaban J connectivity index is 1.40. The van der Waals surface area contributed by atoms with Gasteiger partial charge in [-0.2, -0.15) is 0 Å². The number of carbonyl (C=O) groups excluding carboxylic acids is 2. The van der Waals surface area contributed by atoms with Crippen LogP contribution in [0.4, 0.5) is 4.39 Å². The molecule has 0 radical (unpaired) electrons. The Morgan fingerprint density at radius 2 is 1.92 bits per heavy atom. The zero-order valence-electron chi connectivity index (χ0n) is 13.8. The summed E-state index contributed by atoms with van der Waals surface area (Å²) in [7, 11) is 0. The number of halogens is 1. The minimum Gasteiger partial charge on any atom is -0.484 e. The lowest BCUT2D eigenvalue weighted by Crippen LogP contribution is -2.44. The predicted molar refractivity (Wildman–Crippen MR) is 90.2 cm³/mol. The molecule has 1 aliphatic rings. The third-order valence-electron chi connectivity index (χ3n) is 4.11. The molecule has 1 aliphatic carbocycles. The van der Waals surface area contributed by atoms with Crippen molar-refractivity contribution < 1.29 is 18.7 Å². The number of ether oxygens (including phenoxy) is 1. The smallest absolute Gasteiger partial charge is 0.276 e. The van der Waals surface area contributed by atoms with E-state index in [1.807, 2.05) is 25.1 Å². The lowest BCUT2D eigenvalue weighted by Gasteiger charge is -2.09. The highest BCUT2D eigenvalue weighted by molar-refractivity contribution is 5.86. The fourth-order valence-electron chi connectivity index (χ4n) is 2.68. The lowest BCUT2D eigenvalue weighted by atomic mass is 10.1. The first kappa shape index (κ1) is 17.0. The summed E-state index contributed by atoms with van der Waals surface area (Å²) >= 11 is 0. The summed E-state index contributed by atoms with van der Waals surface area (Å²) in [4.78, 5) is 23.8. The van der Waals surface area contributed by atoms with Crippen LogP contribution in [0.25, 0.3) is 0 Å². The van der Waals surface area contributed by atoms with Crippen LogP contribution >= 0.6 is 0 Å². The molecule has 2 aromatic carbocycles. The number of nitrogens with one attached hydrogen (secondary N) is 2. The zero-order valence-corrected chi connectivity index (χ0v) is 13.8. The molecule has 0 bridgehead atoms. The first-order valence-electron chi connectivity index (χ1n) is 8.06. The van der Waals surface area contributed by atoms with E-state index in [-0.39, 0.29) is 30.2 Å². The summed E-state index contributed by atoms with van der Waals surface area (Å²) in [6.45, 7) is 1.75. The normalized spacial score (nSPS) is 18.3. The molecule has 5 nitrogen and oxygen atoms in total. The lowest BCUT2D eigenvalue weighted by molar-refractivity contribution is -0.130. The van der Waals surface area contributed by atoms with Crippen LogP contribution in [0.5, 0.6) is 5.75 Å². The number of amides is 2. The van der Waals surface area contributed by atoms with Gasteiger partial charge >= 0.3 is 0 Å². The molecule has 0 spiro atoms. The second-order valence-corrected chi connectivity index (χ2v) is 6.14. The fraction of sp³-hybridized carbons (Fsp3) is 0.263. The molecule has 0 aliphatic heterocycles. The number of benzene rings is 2. The summed E-state index contributed by atoms with van der Waals surface area (Å²) in [5.74, 6) is -0.525. The van der Waals surface area contributed by atoms with Gasteiger partial charge in [-0.15, -0.1) is 0 Å². The van der Waals surface area contributed by atoms with Crippen molar-refractivity contribution in [2.45, 2.75) is 19.3 Å². The van der Waals surface area contributed by atoms with Crippen molar-refractivity contribution in [3.05, 3.63) is 65.5 Å². The molecule has 2 atom stereocenters. The molecule has 2 amide bonds. The maximum Gasteiger partial charge on any atom is 0.276 e. The average Bonchev–Trinajstić information content (AvgIpc) is 3.39. The molecule has 2 aromatic rings. The van der Waals surface area contributed by atoms with Crippen LogP contribution in [0.2, 0.25) is 0 Å². The molecule has 0 aromatic heterocycles. The van der Waals surface area contributed by atoms with Gasteiger partial charge in [0, 0.05) is 5.92 Å². The van der Waals surface area contributed by atoms with Crippen molar-refractivity contribution in [1.29, 1.82) is 0 Å². The Kier molecular flexibility index (Phi) is 4.97. The first-order valence-corrected chi connectivity index (χ1v) is 8.06. The van der Waals surface area contributed by atoms with E-state index in [1.165, 1.54) is 12.1 Å². The van der Waals surface area contributed by atoms with E-state index >= 15 is 0 Å². The van der Waals surface area contributed by atoms with Gasteiger partial charge in [-0.25, -0.2) is 4.39 Å². The molecule has 130 valence electrons. The Morgan fingerprint density at radius 3 is 2.64 bits per heavy atom. The van der Waals surface area contributed by atoms with Gasteiger partial charge in [-0.05, 0) is 54.7 Å². The van der Waals surface area contributed by atoms with Crippen LogP contribution in [0.3, 0.4) is 0 Å². The molecule has 1 fully saturated rings. The summed E-state index contributed by atoms with van der Waals surface area (Å²) in [6, 6.07) is 13.5. The van der Waals surface area contributed by atoms with Crippen molar-refractivity contribution in [2.24, 2.45) is 5.92 Å². The minimum atomic E-state index is -0.436. The van der Waals surface area contributed by atoms with Gasteiger partial charge in [0.25, 0.3) is 5.91 Å². The highest BCUT2D eigenvalue weighted by Crippen LogP contribution is 2.47. The third-order valence-corrected chi connectivity index (χ3v) is 4.11. The van der Waals surface area contributed by atoms with Gasteiger partial charge in [-0.1, -0.05) is 24.3 Å². The van der Waals surface area contributed by atoms with Crippen LogP contribution in [-0.2, 0) is 9.59 Å². The quantitative estimate of drug-likeness (QED) is 0.820. The summed E-state index contributed by atoms with van der Waals surface area (Å²) in [5.41, 5.74) is 6.72. The van der Waals surface area contributed by atoms with Gasteiger partial charge in [0.1, 0.15) is 11.6 Å². The summed E-state index contributed by atoms with van der Waals surface area (Å²) in [5, 5.41) is 0. The molecular weight excluding hydrogens is 323 g/mol. The standard InChI is InChI=1S/C19H19FN2O3/c1-12-3-2-4-15(9-12)25-11-18(23)21-22-19(24)17-10-16(17)13-5-7-14(20)8-6-13/h2-9,16-17H,10-11H2,1H3,(H,21,23)(H,22,24). The Labute approximate surface area is 145 Å². The number of aryl methyl sites for hydroxylation is 1. The largest absolute Gasteiger partial charge is 0.484 e. The van der Waals surface area contributed by atoms with Crippen molar-refractivity contribution in [1.82, 2.24) is 10.9 Å². The van der Waals surface area contributed by atoms with Crippen LogP contribution < -0.4 is 15.6 Å². The third kappa shape index (κ3) is 4.56. The number of hydrazine groups is 1. The number of rotatable bonds is 5. The van der Waals surface area contributed by atoms with E-state index in [0.29, 0.717) is 12.2 Å². The van der Waals surface area contributed by atoms with Gasteiger partial charge in [-0.3, -0.25) is 20.4 Å². The van der Waals surface area contributed by atoms with Crippen molar-refractivity contribution in [3.63, 3.8) is 0 Å². The molecule has 25 heavy (non-hydrogen) atoms. The highest BCUT2D eigenvalue weighted by atomic mass is 19.1. The van der Waals surface area contributed by atoms with E-state index in [2.05, 4.69) is 10.9 Å². The van der Waals surface area contributed by atoms with Crippen LogP contribution in [-0.4, -0.2) is 18.4 Å². The summed E-state index contributed by atoms with van der Waals surface area (Å²) < 4.78 is 18.3. The summed E-state index contributed by atoms with van der Waals surface area (Å²) in [6.07, 6.45) is 0.688. The van der Waals surface area contributed by atoms with Gasteiger partial charge in [0.2, 0.25) is 5.91 Å². The first-order chi connectivity index (χ1) is 12.0. The van der Waals surface area contributed by atoms with Gasteiger partial charge < -0.3 is 4.74 Å². The number of hydrogen-bond acceptors (Lipinski definition) is 3. The van der Waals surface area contributed by atoms with Crippen molar-refractivity contribution in [2.75, 3.05) is 6.61 Å². The second kappa shape index (κ2) is 7.34. The van der Waals surface area contributed by atoms with Gasteiger partial charge in [0.15, 0.2) is 6.61 Å². The fourth-order valence-corrected chi connectivity index (χ4v) is 2.68. The van der Waals surface area contributed by atoms with Crippen LogP contribution in [0.1, 0.15) is 23.5 Å². The number of carbonyl (C=O) groups is 2. The maximum absolute atomic E-state index is 12.9. The van der Waals surface area contributed by atoms with Crippen molar-refractivity contribution in [3.8, 4) is 5.75 Å². The molecule has 0 heterocycles. The van der Waals surface area contributed by atoms with Crippen LogP contribution in [0.15, 0.2) is 48.5 Å². The zero-order chi connectivity index (χ0) is 17.8. The second-order valence-electron chi connectivity index (χ2n) is 6.14. The van der Waals surface area contributed by atoms with E-state index in [1.54, 1.807) is 18.2 Å². The molecule has 2 N–H and O–H groups in total. The molecule has 1 saturated carbocycles. The molecule has 3 rings (SSSR count). The minimum absolute atomic E-state index is 0.0704. The van der Waals surface area contributed by atoms with Crippen molar-refractivity contribution >= 4 is 11.8 Å². The topological polar surface area (TPSA) is 67.4 Å². The van der Waals surface area contributed by atoms with Gasteiger partial charge in [0.05, 0.1) is 0 Å². The SMILES string of the molecule is Cc1cccc(OCC(=O)NNC(=O)C2CC2c2ccc(F)cc2)c1. The number of hydrogen-bond donors (Lipinski definition) is 2. The highest BCUT2D eigenvalue weighted by Gasteiger charge is 2.44. The maximum atomic E-state index is 12.9. The molecule has 2 unspecified atom stereocenters.